The minimum absolute atomic E-state index is 0.0777. The van der Waals surface area contributed by atoms with Crippen molar-refractivity contribution in [1.82, 2.24) is 10.6 Å². The molecule has 1 amide bonds. The summed E-state index contributed by atoms with van der Waals surface area (Å²) >= 11 is 0. The number of amides is 1. The molecule has 0 saturated carbocycles. The molecule has 0 heterocycles. The molecule has 0 aromatic rings. The van der Waals surface area contributed by atoms with Crippen LogP contribution in [0.2, 0.25) is 0 Å². The summed E-state index contributed by atoms with van der Waals surface area (Å²) in [5, 5.41) is 6.14. The highest BCUT2D eigenvalue weighted by Crippen LogP contribution is 2.06. The first-order chi connectivity index (χ1) is 7.74. The highest BCUT2D eigenvalue weighted by molar-refractivity contribution is 5.68. The third kappa shape index (κ3) is 10.1. The average molecular weight is 244 g/mol. The van der Waals surface area contributed by atoms with E-state index in [-0.39, 0.29) is 12.1 Å². The van der Waals surface area contributed by atoms with Gasteiger partial charge in [-0.3, -0.25) is 0 Å². The molecule has 0 radical (unpaired) electrons. The van der Waals surface area contributed by atoms with Gasteiger partial charge in [0.05, 0.1) is 0 Å². The van der Waals surface area contributed by atoms with Gasteiger partial charge >= 0.3 is 6.09 Å². The van der Waals surface area contributed by atoms with Crippen molar-refractivity contribution >= 4 is 6.09 Å². The zero-order valence-electron chi connectivity index (χ0n) is 12.1. The molecule has 0 rings (SSSR count). The summed E-state index contributed by atoms with van der Waals surface area (Å²) in [6.07, 6.45) is 0.816. The molecule has 0 spiro atoms. The summed E-state index contributed by atoms with van der Waals surface area (Å²) in [4.78, 5) is 11.5. The lowest BCUT2D eigenvalue weighted by atomic mass is 10.1. The molecule has 2 N–H and O–H groups in total. The van der Waals surface area contributed by atoms with E-state index in [9.17, 15) is 4.79 Å². The number of nitrogens with one attached hydrogen (secondary N) is 2. The third-order valence-electron chi connectivity index (χ3n) is 2.40. The van der Waals surface area contributed by atoms with E-state index < -0.39 is 5.60 Å². The van der Waals surface area contributed by atoms with Gasteiger partial charge in [0.2, 0.25) is 0 Å². The molecule has 102 valence electrons. The molecule has 0 fully saturated rings. The van der Waals surface area contributed by atoms with Gasteiger partial charge in [-0.1, -0.05) is 20.3 Å². The maximum atomic E-state index is 11.5. The summed E-state index contributed by atoms with van der Waals surface area (Å²) in [6.45, 7) is 13.7. The Morgan fingerprint density at radius 1 is 1.24 bits per heavy atom. The van der Waals surface area contributed by atoms with Crippen LogP contribution in [-0.4, -0.2) is 30.8 Å². The van der Waals surface area contributed by atoms with Crippen LogP contribution in [0.3, 0.4) is 0 Å². The quantitative estimate of drug-likeness (QED) is 0.755. The first-order valence-electron chi connectivity index (χ1n) is 6.44. The number of hydrogen-bond acceptors (Lipinski definition) is 3. The molecule has 0 aliphatic heterocycles. The van der Waals surface area contributed by atoms with E-state index in [1.165, 1.54) is 6.42 Å². The lowest BCUT2D eigenvalue weighted by Gasteiger charge is -2.22. The Morgan fingerprint density at radius 2 is 1.82 bits per heavy atom. The van der Waals surface area contributed by atoms with E-state index in [1.807, 2.05) is 27.7 Å². The topological polar surface area (TPSA) is 50.4 Å². The summed E-state index contributed by atoms with van der Waals surface area (Å²) in [5.41, 5.74) is -0.437. The zero-order valence-corrected chi connectivity index (χ0v) is 12.1. The monoisotopic (exact) mass is 244 g/mol. The second kappa shape index (κ2) is 7.54. The standard InChI is InChI=1S/C13H28N2O2/c1-7-10(2)8-14-9-11(3)15-12(16)17-13(4,5)6/h10-11,14H,7-9H2,1-6H3,(H,15,16). The van der Waals surface area contributed by atoms with Gasteiger partial charge in [-0.25, -0.2) is 4.79 Å². The van der Waals surface area contributed by atoms with Gasteiger partial charge in [-0.15, -0.1) is 0 Å². The maximum absolute atomic E-state index is 11.5. The van der Waals surface area contributed by atoms with E-state index >= 15 is 0 Å². The summed E-state index contributed by atoms with van der Waals surface area (Å²) in [7, 11) is 0. The fraction of sp³-hybridized carbons (Fsp3) is 0.923. The van der Waals surface area contributed by atoms with Crippen LogP contribution in [0.5, 0.6) is 0 Å². The van der Waals surface area contributed by atoms with Gasteiger partial charge in [0.15, 0.2) is 0 Å². The fourth-order valence-electron chi connectivity index (χ4n) is 1.25. The molecule has 2 atom stereocenters. The van der Waals surface area contributed by atoms with Crippen LogP contribution < -0.4 is 10.6 Å². The minimum atomic E-state index is -0.437. The molecule has 2 unspecified atom stereocenters. The normalized spacial score (nSPS) is 15.2. The summed E-state index contributed by atoms with van der Waals surface area (Å²) < 4.78 is 5.18. The fourth-order valence-corrected chi connectivity index (χ4v) is 1.25. The number of ether oxygens (including phenoxy) is 1. The number of hydrogen-bond donors (Lipinski definition) is 2. The van der Waals surface area contributed by atoms with Crippen molar-refractivity contribution in [3.05, 3.63) is 0 Å². The Balaban J connectivity index is 3.71. The van der Waals surface area contributed by atoms with Crippen molar-refractivity contribution in [1.29, 1.82) is 0 Å². The smallest absolute Gasteiger partial charge is 0.407 e. The van der Waals surface area contributed by atoms with Gasteiger partial charge in [-0.05, 0) is 40.2 Å². The van der Waals surface area contributed by atoms with Gasteiger partial charge in [-0.2, -0.15) is 0 Å². The van der Waals surface area contributed by atoms with Crippen molar-refractivity contribution in [3.63, 3.8) is 0 Å². The van der Waals surface area contributed by atoms with Crippen LogP contribution in [0.1, 0.15) is 48.0 Å². The molecule has 0 aliphatic rings. The summed E-state index contributed by atoms with van der Waals surface area (Å²) in [6, 6.07) is 0.0777. The van der Waals surface area contributed by atoms with Crippen molar-refractivity contribution < 1.29 is 9.53 Å². The lowest BCUT2D eigenvalue weighted by Crippen LogP contribution is -2.43. The van der Waals surface area contributed by atoms with E-state index in [0.717, 1.165) is 13.1 Å². The maximum Gasteiger partial charge on any atom is 0.407 e. The minimum Gasteiger partial charge on any atom is -0.444 e. The van der Waals surface area contributed by atoms with Crippen molar-refractivity contribution in [2.24, 2.45) is 5.92 Å². The summed E-state index contributed by atoms with van der Waals surface area (Å²) in [5.74, 6) is 0.670. The van der Waals surface area contributed by atoms with Crippen LogP contribution in [-0.2, 0) is 4.74 Å². The molecule has 17 heavy (non-hydrogen) atoms. The Kier molecular flexibility index (Phi) is 7.19. The van der Waals surface area contributed by atoms with E-state index in [0.29, 0.717) is 5.92 Å². The van der Waals surface area contributed by atoms with Crippen LogP contribution in [0.15, 0.2) is 0 Å². The third-order valence-corrected chi connectivity index (χ3v) is 2.40. The number of carbonyl (C=O) groups excluding carboxylic acids is 1. The highest BCUT2D eigenvalue weighted by atomic mass is 16.6. The number of alkyl carbamates (subject to hydrolysis) is 1. The molecule has 0 bridgehead atoms. The Hall–Kier alpha value is -0.770. The largest absolute Gasteiger partial charge is 0.444 e. The first-order valence-corrected chi connectivity index (χ1v) is 6.44. The molecule has 0 saturated heterocycles. The molecule has 0 aromatic heterocycles. The van der Waals surface area contributed by atoms with Gasteiger partial charge < -0.3 is 15.4 Å². The van der Waals surface area contributed by atoms with Gasteiger partial charge in [0.25, 0.3) is 0 Å². The van der Waals surface area contributed by atoms with E-state index in [2.05, 4.69) is 24.5 Å². The van der Waals surface area contributed by atoms with Gasteiger partial charge in [0, 0.05) is 12.6 Å². The van der Waals surface area contributed by atoms with Gasteiger partial charge in [0.1, 0.15) is 5.60 Å². The molecular weight excluding hydrogens is 216 g/mol. The molecular formula is C13H28N2O2. The number of carbonyl (C=O) groups is 1. The highest BCUT2D eigenvalue weighted by Gasteiger charge is 2.17. The molecule has 4 nitrogen and oxygen atoms in total. The first kappa shape index (κ1) is 16.2. The predicted octanol–water partition coefficient (Wildman–Crippen LogP) is 2.54. The molecule has 0 aliphatic carbocycles. The van der Waals surface area contributed by atoms with E-state index in [4.69, 9.17) is 4.74 Å². The van der Waals surface area contributed by atoms with Crippen LogP contribution in [0, 0.1) is 5.92 Å². The van der Waals surface area contributed by atoms with Crippen LogP contribution in [0.25, 0.3) is 0 Å². The Morgan fingerprint density at radius 3 is 2.29 bits per heavy atom. The number of rotatable bonds is 6. The SMILES string of the molecule is CCC(C)CNCC(C)NC(=O)OC(C)(C)C. The van der Waals surface area contributed by atoms with E-state index in [1.54, 1.807) is 0 Å². The Labute approximate surface area is 105 Å². The second-order valence-corrected chi connectivity index (χ2v) is 5.72. The van der Waals surface area contributed by atoms with Crippen molar-refractivity contribution in [2.45, 2.75) is 59.6 Å². The van der Waals surface area contributed by atoms with Crippen molar-refractivity contribution in [3.8, 4) is 0 Å². The Bertz CT molecular complexity index is 224. The molecule has 0 aromatic carbocycles. The zero-order chi connectivity index (χ0) is 13.5. The predicted molar refractivity (Wildman–Crippen MR) is 71.2 cm³/mol. The lowest BCUT2D eigenvalue weighted by molar-refractivity contribution is 0.0508. The average Bonchev–Trinajstić information content (AvgIpc) is 2.13. The van der Waals surface area contributed by atoms with Crippen LogP contribution >= 0.6 is 0 Å². The van der Waals surface area contributed by atoms with Crippen LogP contribution in [0.4, 0.5) is 4.79 Å². The van der Waals surface area contributed by atoms with Crippen molar-refractivity contribution in [2.75, 3.05) is 13.1 Å². The second-order valence-electron chi connectivity index (χ2n) is 5.72. The molecule has 4 heteroatoms.